The molecular formula is C11H12OS. The highest BCUT2D eigenvalue weighted by atomic mass is 32.2. The molecule has 0 saturated heterocycles. The quantitative estimate of drug-likeness (QED) is 0.308. The van der Waals surface area contributed by atoms with E-state index in [4.69, 9.17) is 0 Å². The molecular weight excluding hydrogens is 180 g/mol. The smallest absolute Gasteiger partial charge is 0.150 e. The third-order valence-electron chi connectivity index (χ3n) is 1.58. The van der Waals surface area contributed by atoms with E-state index in [9.17, 15) is 4.79 Å². The minimum absolute atomic E-state index is 0.739. The van der Waals surface area contributed by atoms with Crippen molar-refractivity contribution in [3.8, 4) is 0 Å². The Morgan fingerprint density at radius 3 is 3.00 bits per heavy atom. The lowest BCUT2D eigenvalue weighted by Gasteiger charge is -1.99. The predicted molar refractivity (Wildman–Crippen MR) is 57.4 cm³/mol. The predicted octanol–water partition coefficient (Wildman–Crippen LogP) is 3.17. The topological polar surface area (TPSA) is 17.1 Å². The molecule has 1 rings (SSSR count). The normalized spacial score (nSPS) is 9.54. The summed E-state index contributed by atoms with van der Waals surface area (Å²) in [4.78, 5) is 11.6. The maximum atomic E-state index is 10.5. The summed E-state index contributed by atoms with van der Waals surface area (Å²) in [6, 6.07) is 7.63. The summed E-state index contributed by atoms with van der Waals surface area (Å²) in [5, 5.41) is 0. The average Bonchev–Trinajstić information content (AvgIpc) is 2.19. The van der Waals surface area contributed by atoms with Crippen molar-refractivity contribution in [3.63, 3.8) is 0 Å². The van der Waals surface area contributed by atoms with Crippen LogP contribution in [-0.4, -0.2) is 12.0 Å². The zero-order chi connectivity index (χ0) is 9.52. The summed E-state index contributed by atoms with van der Waals surface area (Å²) in [5.41, 5.74) is 0.739. The molecule has 0 aliphatic carbocycles. The average molecular weight is 192 g/mol. The lowest BCUT2D eigenvalue weighted by Crippen LogP contribution is -1.81. The van der Waals surface area contributed by atoms with Gasteiger partial charge in [-0.2, -0.15) is 0 Å². The van der Waals surface area contributed by atoms with Gasteiger partial charge in [0.15, 0.2) is 0 Å². The number of carbonyl (C=O) groups excluding carboxylic acids is 1. The van der Waals surface area contributed by atoms with Crippen molar-refractivity contribution < 1.29 is 4.79 Å². The first kappa shape index (κ1) is 10.1. The van der Waals surface area contributed by atoms with Gasteiger partial charge >= 0.3 is 0 Å². The van der Waals surface area contributed by atoms with Crippen molar-refractivity contribution in [2.75, 3.05) is 5.75 Å². The molecule has 2 heteroatoms. The van der Waals surface area contributed by atoms with Crippen LogP contribution >= 0.6 is 11.8 Å². The highest BCUT2D eigenvalue weighted by Gasteiger charge is 1.94. The SMILES string of the molecule is C=CCCSc1cccc(C=O)c1. The Kier molecular flexibility index (Phi) is 4.33. The molecule has 0 heterocycles. The number of aldehydes is 1. The van der Waals surface area contributed by atoms with E-state index in [0.717, 1.165) is 28.9 Å². The molecule has 1 nitrogen and oxygen atoms in total. The van der Waals surface area contributed by atoms with Gasteiger partial charge in [-0.25, -0.2) is 0 Å². The monoisotopic (exact) mass is 192 g/mol. The van der Waals surface area contributed by atoms with Crippen LogP contribution in [0.2, 0.25) is 0 Å². The van der Waals surface area contributed by atoms with Crippen molar-refractivity contribution in [3.05, 3.63) is 42.5 Å². The van der Waals surface area contributed by atoms with Gasteiger partial charge < -0.3 is 0 Å². The molecule has 0 fully saturated rings. The Bertz CT molecular complexity index is 294. The van der Waals surface area contributed by atoms with Crippen molar-refractivity contribution in [1.29, 1.82) is 0 Å². The van der Waals surface area contributed by atoms with Gasteiger partial charge in [0.2, 0.25) is 0 Å². The van der Waals surface area contributed by atoms with Gasteiger partial charge in [-0.3, -0.25) is 4.79 Å². The Morgan fingerprint density at radius 1 is 1.46 bits per heavy atom. The van der Waals surface area contributed by atoms with E-state index < -0.39 is 0 Å². The fraction of sp³-hybridized carbons (Fsp3) is 0.182. The summed E-state index contributed by atoms with van der Waals surface area (Å²) in [6.07, 6.45) is 3.77. The maximum absolute atomic E-state index is 10.5. The lowest BCUT2D eigenvalue weighted by atomic mass is 10.2. The summed E-state index contributed by atoms with van der Waals surface area (Å²) in [5.74, 6) is 1.02. The van der Waals surface area contributed by atoms with Crippen LogP contribution in [0.5, 0.6) is 0 Å². The minimum Gasteiger partial charge on any atom is -0.298 e. The molecule has 0 atom stereocenters. The molecule has 0 bridgehead atoms. The second-order valence-corrected chi connectivity index (χ2v) is 3.78. The van der Waals surface area contributed by atoms with Crippen LogP contribution in [0.15, 0.2) is 41.8 Å². The molecule has 0 aromatic heterocycles. The molecule has 0 radical (unpaired) electrons. The Hall–Kier alpha value is -1.02. The highest BCUT2D eigenvalue weighted by Crippen LogP contribution is 2.19. The van der Waals surface area contributed by atoms with Gasteiger partial charge in [0.25, 0.3) is 0 Å². The Labute approximate surface area is 82.9 Å². The van der Waals surface area contributed by atoms with Crippen molar-refractivity contribution in [1.82, 2.24) is 0 Å². The molecule has 68 valence electrons. The fourth-order valence-corrected chi connectivity index (χ4v) is 1.85. The molecule has 0 amide bonds. The van der Waals surface area contributed by atoms with Gasteiger partial charge in [0.05, 0.1) is 0 Å². The molecule has 1 aromatic carbocycles. The number of hydrogen-bond acceptors (Lipinski definition) is 2. The summed E-state index contributed by atoms with van der Waals surface area (Å²) >= 11 is 1.74. The van der Waals surface area contributed by atoms with Crippen LogP contribution in [-0.2, 0) is 0 Å². The van der Waals surface area contributed by atoms with Gasteiger partial charge in [-0.05, 0) is 18.6 Å². The number of benzene rings is 1. The summed E-state index contributed by atoms with van der Waals surface area (Å²) in [6.45, 7) is 3.66. The van der Waals surface area contributed by atoms with E-state index in [0.29, 0.717) is 0 Å². The van der Waals surface area contributed by atoms with Gasteiger partial charge in [0.1, 0.15) is 6.29 Å². The molecule has 1 aromatic rings. The van der Waals surface area contributed by atoms with E-state index in [1.54, 1.807) is 11.8 Å². The van der Waals surface area contributed by atoms with Crippen molar-refractivity contribution >= 4 is 18.0 Å². The minimum atomic E-state index is 0.739. The lowest BCUT2D eigenvalue weighted by molar-refractivity contribution is 0.112. The van der Waals surface area contributed by atoms with Crippen molar-refractivity contribution in [2.24, 2.45) is 0 Å². The van der Waals surface area contributed by atoms with E-state index >= 15 is 0 Å². The second kappa shape index (κ2) is 5.60. The largest absolute Gasteiger partial charge is 0.298 e. The number of hydrogen-bond donors (Lipinski definition) is 0. The molecule has 0 unspecified atom stereocenters. The van der Waals surface area contributed by atoms with Crippen LogP contribution in [0, 0.1) is 0 Å². The Balaban J connectivity index is 2.55. The van der Waals surface area contributed by atoms with E-state index in [-0.39, 0.29) is 0 Å². The van der Waals surface area contributed by atoms with Crippen LogP contribution in [0.3, 0.4) is 0 Å². The van der Waals surface area contributed by atoms with Crippen LogP contribution in [0.4, 0.5) is 0 Å². The number of allylic oxidation sites excluding steroid dienone is 1. The van der Waals surface area contributed by atoms with Gasteiger partial charge in [-0.15, -0.1) is 18.3 Å². The second-order valence-electron chi connectivity index (χ2n) is 2.62. The first-order valence-corrected chi connectivity index (χ1v) is 5.14. The van der Waals surface area contributed by atoms with E-state index in [1.165, 1.54) is 0 Å². The van der Waals surface area contributed by atoms with E-state index in [2.05, 4.69) is 6.58 Å². The molecule has 0 aliphatic heterocycles. The number of carbonyl (C=O) groups is 1. The first-order valence-electron chi connectivity index (χ1n) is 4.16. The van der Waals surface area contributed by atoms with Gasteiger partial charge in [0, 0.05) is 16.2 Å². The molecule has 0 N–H and O–H groups in total. The molecule has 13 heavy (non-hydrogen) atoms. The van der Waals surface area contributed by atoms with E-state index in [1.807, 2.05) is 30.3 Å². The molecule has 0 saturated carbocycles. The zero-order valence-corrected chi connectivity index (χ0v) is 8.22. The molecule has 0 spiro atoms. The number of thioether (sulfide) groups is 1. The fourth-order valence-electron chi connectivity index (χ4n) is 0.938. The van der Waals surface area contributed by atoms with Gasteiger partial charge in [-0.1, -0.05) is 18.2 Å². The zero-order valence-electron chi connectivity index (χ0n) is 7.40. The number of rotatable bonds is 5. The van der Waals surface area contributed by atoms with Crippen LogP contribution in [0.1, 0.15) is 16.8 Å². The maximum Gasteiger partial charge on any atom is 0.150 e. The van der Waals surface area contributed by atoms with Crippen LogP contribution < -0.4 is 0 Å². The Morgan fingerprint density at radius 2 is 2.31 bits per heavy atom. The first-order chi connectivity index (χ1) is 6.36. The third-order valence-corrected chi connectivity index (χ3v) is 2.61. The highest BCUT2D eigenvalue weighted by molar-refractivity contribution is 7.99. The summed E-state index contributed by atoms with van der Waals surface area (Å²) in [7, 11) is 0. The standard InChI is InChI=1S/C11H12OS/c1-2-3-7-13-11-6-4-5-10(8-11)9-12/h2,4-6,8-9H,1,3,7H2. The van der Waals surface area contributed by atoms with Crippen LogP contribution in [0.25, 0.3) is 0 Å². The molecule has 0 aliphatic rings. The van der Waals surface area contributed by atoms with Crippen molar-refractivity contribution in [2.45, 2.75) is 11.3 Å². The third kappa shape index (κ3) is 3.47. The summed E-state index contributed by atoms with van der Waals surface area (Å²) < 4.78 is 0.